The first-order valence-corrected chi connectivity index (χ1v) is 43.4. The normalized spacial score (nSPS) is 17.0. The summed E-state index contributed by atoms with van der Waals surface area (Å²) in [5, 5.41) is 0.354. The Kier molecular flexibility index (Phi) is 64.2. The Hall–Kier alpha value is -4.13. The molecule has 2 aliphatic heterocycles. The van der Waals surface area contributed by atoms with Gasteiger partial charge in [0.05, 0.1) is 35.6 Å². The minimum Gasteiger partial charge on any atom is -0.487 e. The van der Waals surface area contributed by atoms with Crippen molar-refractivity contribution in [2.24, 2.45) is 29.6 Å². The Bertz CT molecular complexity index is 4720. The smallest absolute Gasteiger partial charge is 0.201 e. The summed E-state index contributed by atoms with van der Waals surface area (Å²) < 4.78 is 146. The Balaban J connectivity index is 0.00000138. The number of hydrogen-bond acceptors (Lipinski definition) is 3. The summed E-state index contributed by atoms with van der Waals surface area (Å²) in [7, 11) is 0. The molecule has 3 atom stereocenters. The predicted octanol–water partition coefficient (Wildman–Crippen LogP) is 34.3. The zero-order chi connectivity index (χ0) is 91.0. The molecule has 0 N–H and O–H groups in total. The molecule has 0 bridgehead atoms. The Morgan fingerprint density at radius 3 is 1.08 bits per heavy atom. The maximum Gasteiger partial charge on any atom is 0.201 e. The van der Waals surface area contributed by atoms with Gasteiger partial charge >= 0.3 is 0 Å². The third-order valence-electron chi connectivity index (χ3n) is 21.7. The van der Waals surface area contributed by atoms with E-state index in [2.05, 4.69) is 183 Å². The van der Waals surface area contributed by atoms with Gasteiger partial charge in [-0.15, -0.1) is 0 Å². The van der Waals surface area contributed by atoms with E-state index >= 15 is 0 Å². The van der Waals surface area contributed by atoms with Gasteiger partial charge in [-0.05, 0) is 280 Å². The van der Waals surface area contributed by atoms with E-state index in [0.29, 0.717) is 57.0 Å². The van der Waals surface area contributed by atoms with Crippen molar-refractivity contribution in [3.63, 3.8) is 0 Å². The number of fused-ring (bicyclic) bond motifs is 2. The van der Waals surface area contributed by atoms with Crippen LogP contribution in [0.15, 0.2) is 235 Å². The summed E-state index contributed by atoms with van der Waals surface area (Å²) in [4.78, 5) is 0. The molecule has 5 aliphatic rings. The molecular formula is C110H135ClF10Nd4O3. The van der Waals surface area contributed by atoms with E-state index in [-0.39, 0.29) is 222 Å². The first-order valence-electron chi connectivity index (χ1n) is 43.0. The summed E-state index contributed by atoms with van der Waals surface area (Å²) in [6.45, 7) is 39.8. The summed E-state index contributed by atoms with van der Waals surface area (Å²) >= 11 is 5.61. The van der Waals surface area contributed by atoms with Crippen LogP contribution in [0.2, 0.25) is 5.02 Å². The first-order chi connectivity index (χ1) is 58.3. The average molecular weight is 2310 g/mol. The maximum atomic E-state index is 13.6. The van der Waals surface area contributed by atoms with Gasteiger partial charge < -0.3 is 14.2 Å². The fraction of sp³-hybridized carbons (Fsp3) is 0.382. The fourth-order valence-electron chi connectivity index (χ4n) is 13.1. The maximum absolute atomic E-state index is 13.6. The second-order valence-electron chi connectivity index (χ2n) is 33.6. The zero-order valence-corrected chi connectivity index (χ0v) is 91.7. The fourth-order valence-corrected chi connectivity index (χ4v) is 13.3. The standard InChI is InChI=1S/C12H9F3.2C12H10.C11H12F2O.C8H8ClF.C8H8F2.C8H13F.C8H9F.C8H16.C8H14.C8H10.C6H12O2.CH4.4Nd/c1-6-3-4-8-5-7(2)11(14)12(15)9(8)10(6)13;2*1-3-7-11(8-4-1)12-9-5-2-6-10-12;1-6-5-8-4-3-7(2)14-11(8)10(13)9(6)12;2*1-5-3-4-6(2)8(10)7(5)9;2*1-6-3-4-7(2)8(9)5-6;3*1-7-3-5-8(2)6-4-7;1-5-3-7-6(2)8-4-5;;;;;/h3-5H,1-2H3;2*1-10H;5,7H,3-4H2,1-2H3;2*3-4H,1-2H3;6H,3-5H2,1-2H3;3-5H,1-2H3;7-8H,3-6H2,1-2H3;3,8H,4-6H2,1-2H3;3-6H,1-2H3;5-6H,3-4H2,1-2H3;1H4;;;;. The molecule has 0 spiro atoms. The van der Waals surface area contributed by atoms with Crippen LogP contribution in [-0.4, -0.2) is 25.6 Å². The van der Waals surface area contributed by atoms with E-state index in [9.17, 15) is 43.9 Å². The molecule has 2 heterocycles. The molecule has 3 nitrogen and oxygen atoms in total. The van der Waals surface area contributed by atoms with Crippen LogP contribution < -0.4 is 4.74 Å². The summed E-state index contributed by atoms with van der Waals surface area (Å²) in [6.07, 6.45) is 16.7. The summed E-state index contributed by atoms with van der Waals surface area (Å²) in [5.74, 6) is -1.94. The quantitative estimate of drug-likeness (QED) is 0.128. The molecule has 686 valence electrons. The van der Waals surface area contributed by atoms with Gasteiger partial charge in [0, 0.05) is 176 Å². The summed E-state index contributed by atoms with van der Waals surface area (Å²) in [5.41, 5.74) is 15.7. The molecule has 1 saturated carbocycles. The van der Waals surface area contributed by atoms with Crippen LogP contribution in [0.3, 0.4) is 0 Å². The number of aryl methyl sites for hydroxylation is 12. The van der Waals surface area contributed by atoms with Crippen molar-refractivity contribution in [2.75, 3.05) is 13.2 Å². The van der Waals surface area contributed by atoms with Crippen LogP contribution in [0.1, 0.15) is 207 Å². The van der Waals surface area contributed by atoms with Crippen molar-refractivity contribution in [1.82, 2.24) is 0 Å². The molecule has 2 fully saturated rings. The van der Waals surface area contributed by atoms with E-state index in [0.717, 1.165) is 72.5 Å². The van der Waals surface area contributed by atoms with Gasteiger partial charge in [0.1, 0.15) is 17.5 Å². The third-order valence-corrected chi connectivity index (χ3v) is 22.2. The molecule has 1 saturated heterocycles. The van der Waals surface area contributed by atoms with Crippen molar-refractivity contribution in [1.29, 1.82) is 0 Å². The molecule has 0 radical (unpaired) electrons. The van der Waals surface area contributed by atoms with Crippen molar-refractivity contribution in [2.45, 2.75) is 235 Å². The molecule has 128 heavy (non-hydrogen) atoms. The molecule has 18 heteroatoms. The molecule has 3 aliphatic carbocycles. The van der Waals surface area contributed by atoms with Crippen molar-refractivity contribution < 1.29 is 221 Å². The minimum absolute atomic E-state index is 0. The van der Waals surface area contributed by atoms with Crippen LogP contribution in [-0.2, 0) is 15.9 Å². The molecule has 11 aromatic carbocycles. The van der Waals surface area contributed by atoms with E-state index in [4.69, 9.17) is 25.8 Å². The van der Waals surface area contributed by atoms with E-state index in [1.54, 1.807) is 81.8 Å². The van der Waals surface area contributed by atoms with Crippen molar-refractivity contribution in [3.05, 3.63) is 360 Å². The first kappa shape index (κ1) is 124. The van der Waals surface area contributed by atoms with Gasteiger partial charge in [0.15, 0.2) is 41.1 Å². The molecular weight excluding hydrogens is 2170 g/mol. The van der Waals surface area contributed by atoms with Crippen LogP contribution in [0.25, 0.3) is 33.0 Å². The average Bonchev–Trinajstić information content (AvgIpc) is 0.781. The second kappa shape index (κ2) is 66.3. The van der Waals surface area contributed by atoms with Crippen LogP contribution in [0, 0.1) is 321 Å². The van der Waals surface area contributed by atoms with Gasteiger partial charge in [-0.3, -0.25) is 0 Å². The predicted molar refractivity (Wildman–Crippen MR) is 503 cm³/mol. The second-order valence-corrected chi connectivity index (χ2v) is 34.0. The van der Waals surface area contributed by atoms with Gasteiger partial charge in [-0.2, -0.15) is 4.39 Å². The molecule has 11 aromatic rings. The topological polar surface area (TPSA) is 27.7 Å². The van der Waals surface area contributed by atoms with Crippen molar-refractivity contribution >= 4 is 22.4 Å². The number of allylic oxidation sites excluding steroid dienone is 4. The summed E-state index contributed by atoms with van der Waals surface area (Å²) in [6, 6.07) is 68.2. The Morgan fingerprint density at radius 1 is 0.320 bits per heavy atom. The van der Waals surface area contributed by atoms with Gasteiger partial charge in [0.25, 0.3) is 0 Å². The number of halogens is 11. The SMILES string of the molecule is C.CC1=C(F)CC(C)CC1.CC1=CCC(C)CC1.CC1CCC(C)CC1.CC1COC(C)OC1.Cc1cc2c(c(F)c1F)OC(C)CC2.Cc1cc2ccc(C)c(F)c2c(F)c1F.Cc1ccc(C)c(Cl)c1F.Cc1ccc(C)c(F)c1.Cc1ccc(C)c(F)c1F.Cc1ccc(C)cc1.[Nd].[Nd].[Nd].[Nd].c1ccc(-c2ccccc2)cc1.c1ccc(-c2ccccc2)cc1. The largest absolute Gasteiger partial charge is 0.487 e. The van der Waals surface area contributed by atoms with Gasteiger partial charge in [-0.25, -0.2) is 39.5 Å². The number of hydrogen-bond donors (Lipinski definition) is 0. The van der Waals surface area contributed by atoms with E-state index < -0.39 is 40.7 Å². The molecule has 3 unspecified atom stereocenters. The molecule has 0 aromatic heterocycles. The third kappa shape index (κ3) is 45.5. The molecule has 16 rings (SSSR count). The van der Waals surface area contributed by atoms with Crippen LogP contribution in [0.4, 0.5) is 43.9 Å². The van der Waals surface area contributed by atoms with E-state index in [1.165, 1.54) is 125 Å². The number of rotatable bonds is 2. The zero-order valence-electron chi connectivity index (χ0n) is 78.1. The van der Waals surface area contributed by atoms with Crippen LogP contribution in [0.5, 0.6) is 5.75 Å². The Morgan fingerprint density at radius 2 is 0.695 bits per heavy atom. The molecule has 0 amide bonds. The van der Waals surface area contributed by atoms with Crippen molar-refractivity contribution in [3.8, 4) is 28.0 Å². The van der Waals surface area contributed by atoms with Gasteiger partial charge in [0.2, 0.25) is 5.82 Å². The van der Waals surface area contributed by atoms with E-state index in [1.807, 2.05) is 58.0 Å². The van der Waals surface area contributed by atoms with Gasteiger partial charge in [-0.1, -0.05) is 296 Å². The monoisotopic (exact) mass is 2300 g/mol. The Labute approximate surface area is 897 Å². The number of ether oxygens (including phenoxy) is 3. The van der Waals surface area contributed by atoms with Crippen LogP contribution >= 0.6 is 11.6 Å². The minimum atomic E-state index is -1.11. The number of benzene rings is 11.